The third kappa shape index (κ3) is 6.17. The number of benzene rings is 1. The normalized spacial score (nSPS) is 10.4. The van der Waals surface area contributed by atoms with Crippen molar-refractivity contribution in [2.45, 2.75) is 6.42 Å². The minimum Gasteiger partial charge on any atom is -0.462 e. The number of esters is 1. The summed E-state index contributed by atoms with van der Waals surface area (Å²) < 4.78 is 28.0. The Kier molecular flexibility index (Phi) is 6.84. The smallest absolute Gasteiger partial charge is 0.338 e. The van der Waals surface area contributed by atoms with E-state index >= 15 is 0 Å². The maximum Gasteiger partial charge on any atom is 0.338 e. The summed E-state index contributed by atoms with van der Waals surface area (Å²) >= 11 is 0. The first-order valence-electron chi connectivity index (χ1n) is 5.93. The number of hydrogen-bond acceptors (Lipinski definition) is 5. The number of carbonyl (C=O) groups is 1. The largest absolute Gasteiger partial charge is 0.462 e. The van der Waals surface area contributed by atoms with E-state index in [-0.39, 0.29) is 17.9 Å². The van der Waals surface area contributed by atoms with Gasteiger partial charge in [-0.3, -0.25) is 0 Å². The summed E-state index contributed by atoms with van der Waals surface area (Å²) in [5.41, 5.74) is 5.74. The SMILES string of the molecule is COCCOCCCOC(=O)c1cc(N)cc(F)c1. The van der Waals surface area contributed by atoms with Crippen LogP contribution in [0.5, 0.6) is 0 Å². The van der Waals surface area contributed by atoms with E-state index in [2.05, 4.69) is 0 Å². The van der Waals surface area contributed by atoms with E-state index in [4.69, 9.17) is 19.9 Å². The van der Waals surface area contributed by atoms with Crippen molar-refractivity contribution in [3.63, 3.8) is 0 Å². The second-order valence-electron chi connectivity index (χ2n) is 3.87. The number of nitrogens with two attached hydrogens (primary N) is 1. The topological polar surface area (TPSA) is 70.8 Å². The Morgan fingerprint density at radius 2 is 2.00 bits per heavy atom. The Morgan fingerprint density at radius 3 is 2.68 bits per heavy atom. The fraction of sp³-hybridized carbons (Fsp3) is 0.462. The van der Waals surface area contributed by atoms with Gasteiger partial charge >= 0.3 is 5.97 Å². The molecule has 0 saturated carbocycles. The number of methoxy groups -OCH3 is 1. The zero-order chi connectivity index (χ0) is 14.1. The molecule has 0 aliphatic heterocycles. The van der Waals surface area contributed by atoms with E-state index in [0.717, 1.165) is 12.1 Å². The average molecular weight is 271 g/mol. The van der Waals surface area contributed by atoms with E-state index < -0.39 is 11.8 Å². The number of hydrogen-bond donors (Lipinski definition) is 1. The van der Waals surface area contributed by atoms with Crippen LogP contribution in [0.3, 0.4) is 0 Å². The Morgan fingerprint density at radius 1 is 1.21 bits per heavy atom. The predicted molar refractivity (Wildman–Crippen MR) is 68.4 cm³/mol. The van der Waals surface area contributed by atoms with Crippen LogP contribution >= 0.6 is 0 Å². The minimum absolute atomic E-state index is 0.109. The molecule has 0 spiro atoms. The van der Waals surface area contributed by atoms with Crippen molar-refractivity contribution in [3.05, 3.63) is 29.6 Å². The van der Waals surface area contributed by atoms with E-state index in [0.29, 0.717) is 26.2 Å². The van der Waals surface area contributed by atoms with Crippen LogP contribution in [0, 0.1) is 5.82 Å². The molecule has 19 heavy (non-hydrogen) atoms. The van der Waals surface area contributed by atoms with Gasteiger partial charge in [-0.25, -0.2) is 9.18 Å². The molecule has 0 saturated heterocycles. The van der Waals surface area contributed by atoms with Crippen LogP contribution < -0.4 is 5.73 Å². The minimum atomic E-state index is -0.594. The summed E-state index contributed by atoms with van der Waals surface area (Å²) in [6.45, 7) is 1.72. The molecule has 0 atom stereocenters. The van der Waals surface area contributed by atoms with Gasteiger partial charge in [-0.1, -0.05) is 0 Å². The first kappa shape index (κ1) is 15.4. The fourth-order valence-corrected chi connectivity index (χ4v) is 1.38. The number of ether oxygens (including phenoxy) is 3. The van der Waals surface area contributed by atoms with E-state index in [1.165, 1.54) is 6.07 Å². The summed E-state index contributed by atoms with van der Waals surface area (Å²) in [6, 6.07) is 3.61. The molecule has 0 bridgehead atoms. The van der Waals surface area contributed by atoms with Gasteiger partial charge in [0, 0.05) is 25.8 Å². The monoisotopic (exact) mass is 271 g/mol. The molecular formula is C13H18FNO4. The van der Waals surface area contributed by atoms with Gasteiger partial charge in [0.25, 0.3) is 0 Å². The lowest BCUT2D eigenvalue weighted by Gasteiger charge is -2.06. The van der Waals surface area contributed by atoms with Gasteiger partial charge in [0.2, 0.25) is 0 Å². The average Bonchev–Trinajstić information content (AvgIpc) is 2.36. The van der Waals surface area contributed by atoms with Crippen LogP contribution in [-0.4, -0.2) is 39.5 Å². The molecular weight excluding hydrogens is 253 g/mol. The summed E-state index contributed by atoms with van der Waals surface area (Å²) in [6.07, 6.45) is 0.570. The lowest BCUT2D eigenvalue weighted by atomic mass is 10.2. The highest BCUT2D eigenvalue weighted by atomic mass is 19.1. The van der Waals surface area contributed by atoms with Gasteiger partial charge in [0.15, 0.2) is 0 Å². The molecule has 5 nitrogen and oxygen atoms in total. The standard InChI is InChI=1S/C13H18FNO4/c1-17-5-6-18-3-2-4-19-13(16)10-7-11(14)9-12(15)8-10/h7-9H,2-6,15H2,1H3. The molecule has 2 N–H and O–H groups in total. The third-order valence-corrected chi connectivity index (χ3v) is 2.25. The molecule has 1 rings (SSSR count). The highest BCUT2D eigenvalue weighted by Crippen LogP contribution is 2.11. The molecule has 0 fully saturated rings. The summed E-state index contributed by atoms with van der Waals surface area (Å²) in [5, 5.41) is 0. The molecule has 0 heterocycles. The maximum absolute atomic E-state index is 13.0. The zero-order valence-corrected chi connectivity index (χ0v) is 10.9. The molecule has 106 valence electrons. The van der Waals surface area contributed by atoms with Gasteiger partial charge in [-0.2, -0.15) is 0 Å². The molecule has 0 aromatic heterocycles. The number of anilines is 1. The summed E-state index contributed by atoms with van der Waals surface area (Å²) in [5.74, 6) is -1.15. The fourth-order valence-electron chi connectivity index (χ4n) is 1.38. The Labute approximate surface area is 111 Å². The Hall–Kier alpha value is -1.66. The molecule has 1 aromatic rings. The van der Waals surface area contributed by atoms with Gasteiger partial charge in [0.05, 0.1) is 25.4 Å². The predicted octanol–water partition coefficient (Wildman–Crippen LogP) is 1.62. The molecule has 0 unspecified atom stereocenters. The molecule has 0 aliphatic rings. The van der Waals surface area contributed by atoms with Gasteiger partial charge in [-0.05, 0) is 18.2 Å². The number of carbonyl (C=O) groups excluding carboxylic acids is 1. The van der Waals surface area contributed by atoms with Crippen LogP contribution in [0.1, 0.15) is 16.8 Å². The molecule has 1 aromatic carbocycles. The second kappa shape index (κ2) is 8.44. The third-order valence-electron chi connectivity index (χ3n) is 2.25. The van der Waals surface area contributed by atoms with Crippen molar-refractivity contribution in [3.8, 4) is 0 Å². The van der Waals surface area contributed by atoms with E-state index in [1.807, 2.05) is 0 Å². The molecule has 0 radical (unpaired) electrons. The lowest BCUT2D eigenvalue weighted by molar-refractivity contribution is 0.0385. The highest BCUT2D eigenvalue weighted by molar-refractivity contribution is 5.90. The van der Waals surface area contributed by atoms with Crippen molar-refractivity contribution in [2.75, 3.05) is 39.3 Å². The van der Waals surface area contributed by atoms with E-state index in [9.17, 15) is 9.18 Å². The Bertz CT molecular complexity index is 391. The van der Waals surface area contributed by atoms with Crippen molar-refractivity contribution >= 4 is 11.7 Å². The number of nitrogen functional groups attached to an aromatic ring is 1. The van der Waals surface area contributed by atoms with E-state index in [1.54, 1.807) is 7.11 Å². The molecule has 0 amide bonds. The van der Waals surface area contributed by atoms with Crippen LogP contribution in [0.15, 0.2) is 18.2 Å². The van der Waals surface area contributed by atoms with Crippen LogP contribution in [0.2, 0.25) is 0 Å². The van der Waals surface area contributed by atoms with Gasteiger partial charge < -0.3 is 19.9 Å². The number of rotatable bonds is 8. The van der Waals surface area contributed by atoms with Gasteiger partial charge in [-0.15, -0.1) is 0 Å². The zero-order valence-electron chi connectivity index (χ0n) is 10.9. The first-order valence-corrected chi connectivity index (χ1v) is 5.93. The van der Waals surface area contributed by atoms with Crippen LogP contribution in [0.4, 0.5) is 10.1 Å². The highest BCUT2D eigenvalue weighted by Gasteiger charge is 2.09. The van der Waals surface area contributed by atoms with Crippen molar-refractivity contribution in [2.24, 2.45) is 0 Å². The summed E-state index contributed by atoms with van der Waals surface area (Å²) in [4.78, 5) is 11.6. The van der Waals surface area contributed by atoms with Crippen molar-refractivity contribution < 1.29 is 23.4 Å². The molecule has 6 heteroatoms. The second-order valence-corrected chi connectivity index (χ2v) is 3.87. The lowest BCUT2D eigenvalue weighted by Crippen LogP contribution is -2.10. The van der Waals surface area contributed by atoms with Gasteiger partial charge in [0.1, 0.15) is 5.82 Å². The van der Waals surface area contributed by atoms with Crippen LogP contribution in [-0.2, 0) is 14.2 Å². The van der Waals surface area contributed by atoms with Crippen LogP contribution in [0.25, 0.3) is 0 Å². The first-order chi connectivity index (χ1) is 9.13. The molecule has 0 aliphatic carbocycles. The Balaban J connectivity index is 2.24. The maximum atomic E-state index is 13.0. The van der Waals surface area contributed by atoms with Crippen molar-refractivity contribution in [1.82, 2.24) is 0 Å². The number of halogens is 1. The summed E-state index contributed by atoms with van der Waals surface area (Å²) in [7, 11) is 1.59. The van der Waals surface area contributed by atoms with Crippen molar-refractivity contribution in [1.29, 1.82) is 0 Å². The quantitative estimate of drug-likeness (QED) is 0.442.